The summed E-state index contributed by atoms with van der Waals surface area (Å²) in [5.41, 5.74) is 6.17. The van der Waals surface area contributed by atoms with Crippen molar-refractivity contribution < 1.29 is 14.4 Å². The largest absolute Gasteiger partial charge is 0.366 e. The Bertz CT molecular complexity index is 652. The van der Waals surface area contributed by atoms with Crippen molar-refractivity contribution in [2.75, 3.05) is 18.4 Å². The molecule has 6 heteroatoms. The van der Waals surface area contributed by atoms with Crippen molar-refractivity contribution >= 4 is 23.4 Å². The van der Waals surface area contributed by atoms with Crippen molar-refractivity contribution in [1.29, 1.82) is 0 Å². The summed E-state index contributed by atoms with van der Waals surface area (Å²) in [6, 6.07) is 6.39. The van der Waals surface area contributed by atoms with Gasteiger partial charge in [-0.3, -0.25) is 14.4 Å². The second-order valence-electron chi connectivity index (χ2n) is 6.18. The zero-order valence-corrected chi connectivity index (χ0v) is 14.5. The van der Waals surface area contributed by atoms with Crippen molar-refractivity contribution in [3.63, 3.8) is 0 Å². The van der Waals surface area contributed by atoms with E-state index in [0.29, 0.717) is 36.7 Å². The normalized spacial score (nSPS) is 15.8. The van der Waals surface area contributed by atoms with Crippen molar-refractivity contribution in [2.45, 2.75) is 32.6 Å². The molecule has 25 heavy (non-hydrogen) atoms. The monoisotopic (exact) mass is 343 g/mol. The van der Waals surface area contributed by atoms with E-state index in [1.807, 2.05) is 6.92 Å². The molecule has 3 amide bonds. The van der Waals surface area contributed by atoms with Gasteiger partial charge in [-0.2, -0.15) is 0 Å². The fraction of sp³-hybridized carbons (Fsp3) is 0.421. The Morgan fingerprint density at radius 2 is 1.96 bits per heavy atom. The molecule has 1 aliphatic rings. The molecule has 0 aliphatic heterocycles. The Labute approximate surface area is 148 Å². The summed E-state index contributed by atoms with van der Waals surface area (Å²) >= 11 is 0. The van der Waals surface area contributed by atoms with E-state index in [1.54, 1.807) is 29.2 Å². The quantitative estimate of drug-likeness (QED) is 0.710. The van der Waals surface area contributed by atoms with E-state index in [-0.39, 0.29) is 18.2 Å². The molecule has 0 radical (unpaired) electrons. The maximum Gasteiger partial charge on any atom is 0.248 e. The molecule has 0 saturated heterocycles. The van der Waals surface area contributed by atoms with Gasteiger partial charge in [-0.05, 0) is 49.9 Å². The molecular formula is C19H25N3O3. The van der Waals surface area contributed by atoms with E-state index in [4.69, 9.17) is 5.73 Å². The Kier molecular flexibility index (Phi) is 6.74. The van der Waals surface area contributed by atoms with E-state index in [9.17, 15) is 14.4 Å². The third-order valence-corrected chi connectivity index (χ3v) is 4.35. The molecule has 1 atom stereocenters. The Morgan fingerprint density at radius 3 is 2.52 bits per heavy atom. The number of amides is 3. The molecule has 0 fully saturated rings. The number of carbonyl (C=O) groups is 3. The molecule has 1 aliphatic carbocycles. The Hall–Kier alpha value is -2.63. The molecule has 6 nitrogen and oxygen atoms in total. The summed E-state index contributed by atoms with van der Waals surface area (Å²) in [5.74, 6) is -0.247. The highest BCUT2D eigenvalue weighted by Gasteiger charge is 2.19. The zero-order chi connectivity index (χ0) is 18.2. The number of hydrogen-bond acceptors (Lipinski definition) is 3. The van der Waals surface area contributed by atoms with Gasteiger partial charge in [0.25, 0.3) is 0 Å². The van der Waals surface area contributed by atoms with Crippen LogP contribution in [0.25, 0.3) is 0 Å². The summed E-state index contributed by atoms with van der Waals surface area (Å²) < 4.78 is 0. The topological polar surface area (TPSA) is 92.5 Å². The number of rotatable bonds is 8. The molecule has 3 N–H and O–H groups in total. The average Bonchev–Trinajstić information content (AvgIpc) is 3.08. The first-order valence-corrected chi connectivity index (χ1v) is 8.63. The molecule has 0 bridgehead atoms. The van der Waals surface area contributed by atoms with E-state index in [2.05, 4.69) is 17.5 Å². The number of anilines is 1. The molecule has 0 saturated carbocycles. The van der Waals surface area contributed by atoms with Gasteiger partial charge in [0, 0.05) is 37.2 Å². The first-order valence-electron chi connectivity index (χ1n) is 8.63. The molecule has 134 valence electrons. The number of nitrogens with one attached hydrogen (secondary N) is 1. The maximum atomic E-state index is 12.3. The minimum Gasteiger partial charge on any atom is -0.366 e. The van der Waals surface area contributed by atoms with Gasteiger partial charge in [-0.1, -0.05) is 12.2 Å². The van der Waals surface area contributed by atoms with E-state index >= 15 is 0 Å². The highest BCUT2D eigenvalue weighted by molar-refractivity contribution is 5.94. The second kappa shape index (κ2) is 9.01. The summed E-state index contributed by atoms with van der Waals surface area (Å²) in [5, 5.41) is 2.76. The molecule has 0 aromatic heterocycles. The number of hydrogen-bond donors (Lipinski definition) is 2. The van der Waals surface area contributed by atoms with Gasteiger partial charge in [-0.25, -0.2) is 0 Å². The molecule has 0 heterocycles. The minimum atomic E-state index is -0.507. The number of benzene rings is 1. The van der Waals surface area contributed by atoms with Crippen LogP contribution in [0.1, 0.15) is 43.0 Å². The van der Waals surface area contributed by atoms with Gasteiger partial charge in [0.1, 0.15) is 0 Å². The van der Waals surface area contributed by atoms with E-state index in [0.717, 1.165) is 12.8 Å². The van der Waals surface area contributed by atoms with Gasteiger partial charge in [-0.15, -0.1) is 0 Å². The SMILES string of the molecule is CCN(CCC(=O)Nc1ccc(C(N)=O)cc1)C(=O)CC1C=CCC1. The summed E-state index contributed by atoms with van der Waals surface area (Å²) in [6.45, 7) is 2.91. The average molecular weight is 343 g/mol. The summed E-state index contributed by atoms with van der Waals surface area (Å²) in [4.78, 5) is 37.1. The molecular weight excluding hydrogens is 318 g/mol. The fourth-order valence-corrected chi connectivity index (χ4v) is 2.86. The van der Waals surface area contributed by atoms with Crippen LogP contribution in [0.3, 0.4) is 0 Å². The fourth-order valence-electron chi connectivity index (χ4n) is 2.86. The highest BCUT2D eigenvalue weighted by atomic mass is 16.2. The zero-order valence-electron chi connectivity index (χ0n) is 14.5. The van der Waals surface area contributed by atoms with Crippen LogP contribution in [-0.2, 0) is 9.59 Å². The van der Waals surface area contributed by atoms with Crippen LogP contribution in [0, 0.1) is 5.92 Å². The van der Waals surface area contributed by atoms with Gasteiger partial charge in [0.2, 0.25) is 17.7 Å². The lowest BCUT2D eigenvalue weighted by Gasteiger charge is -2.22. The van der Waals surface area contributed by atoms with Crippen molar-refractivity contribution in [2.24, 2.45) is 11.7 Å². The van der Waals surface area contributed by atoms with Crippen molar-refractivity contribution in [1.82, 2.24) is 4.90 Å². The molecule has 1 unspecified atom stereocenters. The van der Waals surface area contributed by atoms with Crippen LogP contribution in [0.2, 0.25) is 0 Å². The lowest BCUT2D eigenvalue weighted by atomic mass is 10.0. The maximum absolute atomic E-state index is 12.3. The first-order chi connectivity index (χ1) is 12.0. The highest BCUT2D eigenvalue weighted by Crippen LogP contribution is 2.21. The summed E-state index contributed by atoms with van der Waals surface area (Å²) in [6.07, 6.45) is 7.05. The van der Waals surface area contributed by atoms with Gasteiger partial charge in [0.15, 0.2) is 0 Å². The first kappa shape index (κ1) is 18.7. The number of nitrogens with two attached hydrogens (primary N) is 1. The van der Waals surface area contributed by atoms with E-state index < -0.39 is 5.91 Å². The molecule has 0 spiro atoms. The predicted molar refractivity (Wildman–Crippen MR) is 96.9 cm³/mol. The Morgan fingerprint density at radius 1 is 1.24 bits per heavy atom. The number of nitrogens with zero attached hydrogens (tertiary/aromatic N) is 1. The predicted octanol–water partition coefficient (Wildman–Crippen LogP) is 2.32. The van der Waals surface area contributed by atoms with Crippen LogP contribution in [0.5, 0.6) is 0 Å². The minimum absolute atomic E-state index is 0.0951. The van der Waals surface area contributed by atoms with Gasteiger partial charge in [0.05, 0.1) is 0 Å². The third-order valence-electron chi connectivity index (χ3n) is 4.35. The van der Waals surface area contributed by atoms with E-state index in [1.165, 1.54) is 0 Å². The molecule has 2 rings (SSSR count). The number of allylic oxidation sites excluding steroid dienone is 2. The van der Waals surface area contributed by atoms with Crippen LogP contribution in [0.15, 0.2) is 36.4 Å². The van der Waals surface area contributed by atoms with Gasteiger partial charge < -0.3 is 16.0 Å². The van der Waals surface area contributed by atoms with Crippen molar-refractivity contribution in [3.8, 4) is 0 Å². The number of primary amides is 1. The standard InChI is InChI=1S/C19H25N3O3/c1-2-22(18(24)13-14-5-3-4-6-14)12-11-17(23)21-16-9-7-15(8-10-16)19(20)25/h3,5,7-10,14H,2,4,6,11-13H2,1H3,(H2,20,25)(H,21,23). The van der Waals surface area contributed by atoms with Gasteiger partial charge >= 0.3 is 0 Å². The lowest BCUT2D eigenvalue weighted by Crippen LogP contribution is -2.34. The lowest BCUT2D eigenvalue weighted by molar-refractivity contribution is -0.132. The number of carbonyl (C=O) groups excluding carboxylic acids is 3. The van der Waals surface area contributed by atoms with Crippen molar-refractivity contribution in [3.05, 3.63) is 42.0 Å². The summed E-state index contributed by atoms with van der Waals surface area (Å²) in [7, 11) is 0. The van der Waals surface area contributed by atoms with Crippen LogP contribution >= 0.6 is 0 Å². The smallest absolute Gasteiger partial charge is 0.248 e. The Balaban J connectivity index is 1.79. The molecule has 1 aromatic carbocycles. The third kappa shape index (κ3) is 5.74. The van der Waals surface area contributed by atoms with Crippen LogP contribution in [-0.4, -0.2) is 35.7 Å². The second-order valence-corrected chi connectivity index (χ2v) is 6.18. The molecule has 1 aromatic rings. The van der Waals surface area contributed by atoms with Crippen LogP contribution in [0.4, 0.5) is 5.69 Å². The van der Waals surface area contributed by atoms with Crippen LogP contribution < -0.4 is 11.1 Å².